The third-order valence-corrected chi connectivity index (χ3v) is 5.31. The van der Waals surface area contributed by atoms with Crippen LogP contribution in [0.15, 0.2) is 0 Å². The first-order valence-corrected chi connectivity index (χ1v) is 6.68. The normalized spacial score (nSPS) is 35.4. The van der Waals surface area contributed by atoms with E-state index < -0.39 is 0 Å². The Morgan fingerprint density at radius 2 is 1.95 bits per heavy atom. The highest BCUT2D eigenvalue weighted by molar-refractivity contribution is 5.97. The van der Waals surface area contributed by atoms with Gasteiger partial charge in [0.2, 0.25) is 5.91 Å². The summed E-state index contributed by atoms with van der Waals surface area (Å²) in [5.41, 5.74) is -0.256. The van der Waals surface area contributed by atoms with Gasteiger partial charge in [-0.25, -0.2) is 0 Å². The first-order valence-electron chi connectivity index (χ1n) is 6.68. The number of hydrogen-bond donors (Lipinski definition) is 1. The second kappa shape index (κ2) is 5.06. The summed E-state index contributed by atoms with van der Waals surface area (Å²) in [7, 11) is 3.71. The molecule has 2 aliphatic rings. The molecule has 3 unspecified atom stereocenters. The predicted octanol–water partition coefficient (Wildman–Crippen LogP) is 1.48. The number of amides is 1. The fourth-order valence-corrected chi connectivity index (χ4v) is 3.76. The van der Waals surface area contributed by atoms with Crippen molar-refractivity contribution in [3.8, 4) is 0 Å². The molecule has 2 fully saturated rings. The van der Waals surface area contributed by atoms with Crippen LogP contribution < -0.4 is 5.32 Å². The van der Waals surface area contributed by atoms with Crippen molar-refractivity contribution in [1.82, 2.24) is 10.2 Å². The van der Waals surface area contributed by atoms with Gasteiger partial charge in [0.05, 0.1) is 12.6 Å². The number of fused-ring (bicyclic) bond motifs is 2. The van der Waals surface area contributed by atoms with Gasteiger partial charge < -0.3 is 10.2 Å². The van der Waals surface area contributed by atoms with E-state index in [1.807, 2.05) is 19.0 Å². The van der Waals surface area contributed by atoms with Crippen molar-refractivity contribution in [2.45, 2.75) is 39.7 Å². The Bertz CT molecular complexity index is 395. The van der Waals surface area contributed by atoms with Crippen molar-refractivity contribution in [2.75, 3.05) is 20.6 Å². The first kappa shape index (κ1) is 16.4. The van der Waals surface area contributed by atoms with E-state index in [-0.39, 0.29) is 41.0 Å². The molecule has 0 heterocycles. The maximum absolute atomic E-state index is 12.5. The lowest BCUT2D eigenvalue weighted by molar-refractivity contribution is -0.133. The number of halogens is 1. The third kappa shape index (κ3) is 2.29. The van der Waals surface area contributed by atoms with E-state index in [1.54, 1.807) is 0 Å². The van der Waals surface area contributed by atoms with Crippen LogP contribution in [-0.4, -0.2) is 43.3 Å². The summed E-state index contributed by atoms with van der Waals surface area (Å²) in [5, 5.41) is 2.94. The van der Waals surface area contributed by atoms with Gasteiger partial charge in [-0.1, -0.05) is 20.8 Å². The number of nitrogens with one attached hydrogen (secondary N) is 1. The fourth-order valence-electron chi connectivity index (χ4n) is 3.76. The lowest BCUT2D eigenvalue weighted by Gasteiger charge is -2.32. The molecule has 5 heteroatoms. The second-order valence-electron chi connectivity index (χ2n) is 6.85. The lowest BCUT2D eigenvalue weighted by atomic mass is 9.70. The van der Waals surface area contributed by atoms with Crippen molar-refractivity contribution < 1.29 is 9.59 Å². The molecule has 1 amide bonds. The summed E-state index contributed by atoms with van der Waals surface area (Å²) in [6.07, 6.45) is 2.01. The van der Waals surface area contributed by atoms with Crippen LogP contribution in [0.2, 0.25) is 0 Å². The Morgan fingerprint density at radius 1 is 1.37 bits per heavy atom. The van der Waals surface area contributed by atoms with Crippen molar-refractivity contribution >= 4 is 24.1 Å². The number of ketones is 1. The number of rotatable bonds is 3. The number of hydrogen-bond acceptors (Lipinski definition) is 3. The SMILES string of the molecule is CN(C)CC(=O)NC1C(=O)C2(C)CCC1C2(C)C.Cl. The molecule has 0 aromatic rings. The zero-order valence-electron chi connectivity index (χ0n) is 12.4. The molecule has 2 bridgehead atoms. The summed E-state index contributed by atoms with van der Waals surface area (Å²) >= 11 is 0. The maximum atomic E-state index is 12.5. The van der Waals surface area contributed by atoms with E-state index in [9.17, 15) is 9.59 Å². The second-order valence-corrected chi connectivity index (χ2v) is 6.85. The molecular formula is C14H25ClN2O2. The molecule has 2 saturated carbocycles. The Hall–Kier alpha value is -0.610. The molecule has 1 N–H and O–H groups in total. The van der Waals surface area contributed by atoms with Gasteiger partial charge in [0.1, 0.15) is 0 Å². The van der Waals surface area contributed by atoms with E-state index in [1.165, 1.54) is 0 Å². The zero-order chi connectivity index (χ0) is 13.7. The summed E-state index contributed by atoms with van der Waals surface area (Å²) in [5.74, 6) is 0.474. The van der Waals surface area contributed by atoms with Crippen molar-refractivity contribution in [2.24, 2.45) is 16.7 Å². The number of carbonyl (C=O) groups is 2. The van der Waals surface area contributed by atoms with Crippen molar-refractivity contribution in [1.29, 1.82) is 0 Å². The van der Waals surface area contributed by atoms with Crippen LogP contribution in [-0.2, 0) is 9.59 Å². The highest BCUT2D eigenvalue weighted by Crippen LogP contribution is 2.63. The Kier molecular flexibility index (Phi) is 4.38. The standard InChI is InChI=1S/C14H24N2O2.ClH/c1-13(2)9-6-7-14(13,3)12(18)11(9)15-10(17)8-16(4)5;/h9,11H,6-8H2,1-5H3,(H,15,17);1H. The predicted molar refractivity (Wildman–Crippen MR) is 77.4 cm³/mol. The van der Waals surface area contributed by atoms with Crippen LogP contribution in [0.25, 0.3) is 0 Å². The zero-order valence-corrected chi connectivity index (χ0v) is 13.3. The minimum Gasteiger partial charge on any atom is -0.345 e. The number of carbonyl (C=O) groups excluding carboxylic acids is 2. The molecule has 0 saturated heterocycles. The number of Topliss-reactive ketones (excluding diaryl/α,β-unsaturated/α-hetero) is 1. The maximum Gasteiger partial charge on any atom is 0.234 e. The monoisotopic (exact) mass is 288 g/mol. The highest BCUT2D eigenvalue weighted by atomic mass is 35.5. The van der Waals surface area contributed by atoms with Gasteiger partial charge in [-0.3, -0.25) is 9.59 Å². The Balaban J connectivity index is 0.00000180. The number of likely N-dealkylation sites (N-methyl/N-ethyl adjacent to an activating group) is 1. The smallest absolute Gasteiger partial charge is 0.234 e. The van der Waals surface area contributed by atoms with Crippen LogP contribution in [0.1, 0.15) is 33.6 Å². The van der Waals surface area contributed by atoms with Crippen molar-refractivity contribution in [3.05, 3.63) is 0 Å². The molecule has 0 aliphatic heterocycles. The average Bonchev–Trinajstić information content (AvgIpc) is 2.52. The molecule has 110 valence electrons. The Labute approximate surface area is 121 Å². The van der Waals surface area contributed by atoms with Crippen LogP contribution >= 0.6 is 12.4 Å². The molecule has 0 radical (unpaired) electrons. The van der Waals surface area contributed by atoms with E-state index in [0.29, 0.717) is 12.5 Å². The summed E-state index contributed by atoms with van der Waals surface area (Å²) in [6, 6.07) is -0.272. The average molecular weight is 289 g/mol. The third-order valence-electron chi connectivity index (χ3n) is 5.31. The largest absolute Gasteiger partial charge is 0.345 e. The minimum atomic E-state index is -0.272. The van der Waals surface area contributed by atoms with Gasteiger partial charge in [-0.2, -0.15) is 0 Å². The van der Waals surface area contributed by atoms with Gasteiger partial charge >= 0.3 is 0 Å². The summed E-state index contributed by atoms with van der Waals surface area (Å²) < 4.78 is 0. The summed E-state index contributed by atoms with van der Waals surface area (Å²) in [6.45, 7) is 6.74. The van der Waals surface area contributed by atoms with Crippen molar-refractivity contribution in [3.63, 3.8) is 0 Å². The van der Waals surface area contributed by atoms with Gasteiger partial charge in [-0.05, 0) is 38.3 Å². The van der Waals surface area contributed by atoms with Crippen LogP contribution in [0.4, 0.5) is 0 Å². The van der Waals surface area contributed by atoms with Gasteiger partial charge in [0.25, 0.3) is 0 Å². The summed E-state index contributed by atoms with van der Waals surface area (Å²) in [4.78, 5) is 26.2. The molecule has 19 heavy (non-hydrogen) atoms. The molecule has 0 aromatic carbocycles. The van der Waals surface area contributed by atoms with Gasteiger partial charge in [-0.15, -0.1) is 12.4 Å². The topological polar surface area (TPSA) is 49.4 Å². The molecule has 3 atom stereocenters. The molecule has 4 nitrogen and oxygen atoms in total. The van der Waals surface area contributed by atoms with E-state index in [0.717, 1.165) is 12.8 Å². The highest BCUT2D eigenvalue weighted by Gasteiger charge is 2.66. The molecular weight excluding hydrogens is 264 g/mol. The quantitative estimate of drug-likeness (QED) is 0.856. The molecule has 2 aliphatic carbocycles. The van der Waals surface area contributed by atoms with E-state index in [4.69, 9.17) is 0 Å². The molecule has 0 aromatic heterocycles. The van der Waals surface area contributed by atoms with Crippen LogP contribution in [0.3, 0.4) is 0 Å². The fraction of sp³-hybridized carbons (Fsp3) is 0.857. The first-order chi connectivity index (χ1) is 8.20. The van der Waals surface area contributed by atoms with Gasteiger partial charge in [0.15, 0.2) is 5.78 Å². The van der Waals surface area contributed by atoms with Gasteiger partial charge in [0, 0.05) is 5.41 Å². The Morgan fingerprint density at radius 3 is 2.37 bits per heavy atom. The van der Waals surface area contributed by atoms with Crippen LogP contribution in [0.5, 0.6) is 0 Å². The van der Waals surface area contributed by atoms with E-state index in [2.05, 4.69) is 26.1 Å². The number of nitrogens with zero attached hydrogens (tertiary/aromatic N) is 1. The van der Waals surface area contributed by atoms with Crippen LogP contribution in [0, 0.1) is 16.7 Å². The minimum absolute atomic E-state index is 0. The molecule has 2 rings (SSSR count). The van der Waals surface area contributed by atoms with E-state index >= 15 is 0 Å². The molecule has 0 spiro atoms. The lowest BCUT2D eigenvalue weighted by Crippen LogP contribution is -2.48.